The molecular weight excluding hydrogens is 293 g/mol. The average Bonchev–Trinajstić information content (AvgIpc) is 2.81. The van der Waals surface area contributed by atoms with Gasteiger partial charge >= 0.3 is 0 Å². The monoisotopic (exact) mass is 309 g/mol. The largest absolute Gasteiger partial charge is 0.369 e. The molecule has 0 bridgehead atoms. The number of carbonyl (C=O) groups is 1. The van der Waals surface area contributed by atoms with Crippen LogP contribution in [0.1, 0.15) is 16.7 Å². The Morgan fingerprint density at radius 2 is 1.91 bits per heavy atom. The molecule has 2 aromatic carbocycles. The predicted molar refractivity (Wildman–Crippen MR) is 88.1 cm³/mol. The highest BCUT2D eigenvalue weighted by molar-refractivity contribution is 6.08. The van der Waals surface area contributed by atoms with Crippen LogP contribution < -0.4 is 5.73 Å². The van der Waals surface area contributed by atoms with Crippen molar-refractivity contribution in [3.63, 3.8) is 0 Å². The Bertz CT molecular complexity index is 816. The van der Waals surface area contributed by atoms with E-state index in [4.69, 9.17) is 5.73 Å². The SMILES string of the molecule is C=Cc1cc(C2(c3ccccc3)N=C(N)N(C)C2=O)ccc1F. The van der Waals surface area contributed by atoms with Gasteiger partial charge in [0.25, 0.3) is 5.91 Å². The van der Waals surface area contributed by atoms with Crippen LogP contribution in [-0.4, -0.2) is 23.8 Å². The Kier molecular flexibility index (Phi) is 3.48. The molecule has 1 unspecified atom stereocenters. The van der Waals surface area contributed by atoms with E-state index >= 15 is 0 Å². The van der Waals surface area contributed by atoms with Gasteiger partial charge in [0.1, 0.15) is 5.82 Å². The molecule has 0 fully saturated rings. The third kappa shape index (κ3) is 2.12. The molecule has 0 aliphatic carbocycles. The number of likely N-dealkylation sites (N-methyl/N-ethyl adjacent to an activating group) is 1. The van der Waals surface area contributed by atoms with Crippen molar-refractivity contribution < 1.29 is 9.18 Å². The van der Waals surface area contributed by atoms with E-state index in [0.29, 0.717) is 16.7 Å². The lowest BCUT2D eigenvalue weighted by Crippen LogP contribution is -2.41. The molecule has 5 heteroatoms. The summed E-state index contributed by atoms with van der Waals surface area (Å²) in [6.07, 6.45) is 1.41. The average molecular weight is 309 g/mol. The lowest BCUT2D eigenvalue weighted by Gasteiger charge is -2.26. The molecule has 1 aliphatic rings. The second kappa shape index (κ2) is 5.35. The van der Waals surface area contributed by atoms with E-state index in [9.17, 15) is 9.18 Å². The number of aliphatic imine (C=N–C) groups is 1. The molecule has 0 saturated carbocycles. The van der Waals surface area contributed by atoms with Crippen molar-refractivity contribution in [2.45, 2.75) is 5.54 Å². The van der Waals surface area contributed by atoms with Gasteiger partial charge in [0.05, 0.1) is 0 Å². The predicted octanol–water partition coefficient (Wildman–Crippen LogP) is 2.50. The van der Waals surface area contributed by atoms with Crippen molar-refractivity contribution >= 4 is 17.9 Å². The zero-order chi connectivity index (χ0) is 16.6. The number of rotatable bonds is 3. The van der Waals surface area contributed by atoms with Crippen LogP contribution in [0.25, 0.3) is 6.08 Å². The lowest BCUT2D eigenvalue weighted by atomic mass is 9.82. The van der Waals surface area contributed by atoms with E-state index in [-0.39, 0.29) is 11.9 Å². The number of amides is 1. The maximum Gasteiger partial charge on any atom is 0.266 e. The van der Waals surface area contributed by atoms with Gasteiger partial charge in [-0.2, -0.15) is 0 Å². The fourth-order valence-electron chi connectivity index (χ4n) is 2.79. The van der Waals surface area contributed by atoms with Crippen LogP contribution in [-0.2, 0) is 10.3 Å². The van der Waals surface area contributed by atoms with Crippen molar-refractivity contribution in [3.8, 4) is 0 Å². The molecule has 1 aliphatic heterocycles. The minimum absolute atomic E-state index is 0.128. The highest BCUT2D eigenvalue weighted by Crippen LogP contribution is 2.39. The van der Waals surface area contributed by atoms with E-state index < -0.39 is 11.4 Å². The first-order chi connectivity index (χ1) is 11.0. The first kappa shape index (κ1) is 15.0. The molecule has 0 radical (unpaired) electrons. The molecule has 116 valence electrons. The highest BCUT2D eigenvalue weighted by Gasteiger charge is 2.49. The van der Waals surface area contributed by atoms with E-state index in [1.54, 1.807) is 19.2 Å². The maximum absolute atomic E-state index is 13.8. The summed E-state index contributed by atoms with van der Waals surface area (Å²) in [7, 11) is 1.57. The summed E-state index contributed by atoms with van der Waals surface area (Å²) in [5.41, 5.74) is 6.13. The van der Waals surface area contributed by atoms with Gasteiger partial charge < -0.3 is 5.73 Å². The Balaban J connectivity index is 2.31. The number of carbonyl (C=O) groups excluding carboxylic acids is 1. The van der Waals surface area contributed by atoms with Crippen molar-refractivity contribution in [1.82, 2.24) is 4.90 Å². The minimum atomic E-state index is -1.30. The van der Waals surface area contributed by atoms with Crippen molar-refractivity contribution in [2.75, 3.05) is 7.05 Å². The Labute approximate surface area is 133 Å². The first-order valence-electron chi connectivity index (χ1n) is 7.12. The molecule has 4 nitrogen and oxygen atoms in total. The second-order valence-electron chi connectivity index (χ2n) is 5.35. The molecule has 1 atom stereocenters. The Morgan fingerprint density at radius 3 is 2.48 bits per heavy atom. The van der Waals surface area contributed by atoms with Crippen molar-refractivity contribution in [3.05, 3.63) is 77.6 Å². The molecule has 0 spiro atoms. The summed E-state index contributed by atoms with van der Waals surface area (Å²) in [6.45, 7) is 3.61. The Morgan fingerprint density at radius 1 is 1.22 bits per heavy atom. The fourth-order valence-corrected chi connectivity index (χ4v) is 2.79. The van der Waals surface area contributed by atoms with Gasteiger partial charge in [-0.05, 0) is 23.3 Å². The summed E-state index contributed by atoms with van der Waals surface area (Å²) < 4.78 is 13.8. The van der Waals surface area contributed by atoms with Gasteiger partial charge in [-0.25, -0.2) is 9.38 Å². The number of nitrogens with two attached hydrogens (primary N) is 1. The standard InChI is InChI=1S/C18H16FN3O/c1-3-12-11-14(9-10-15(12)19)18(13-7-5-4-6-8-13)16(23)22(2)17(20)21-18/h3-11H,1H2,2H3,(H2,20,21). The first-order valence-corrected chi connectivity index (χ1v) is 7.12. The number of benzene rings is 2. The quantitative estimate of drug-likeness (QED) is 0.947. The number of hydrogen-bond acceptors (Lipinski definition) is 3. The molecule has 2 N–H and O–H groups in total. The van der Waals surface area contributed by atoms with Crippen LogP contribution in [0.15, 0.2) is 60.1 Å². The van der Waals surface area contributed by atoms with E-state index in [1.165, 1.54) is 17.0 Å². The van der Waals surface area contributed by atoms with Crippen molar-refractivity contribution in [1.29, 1.82) is 0 Å². The third-order valence-corrected chi connectivity index (χ3v) is 4.07. The van der Waals surface area contributed by atoms with Gasteiger partial charge in [0.2, 0.25) is 0 Å². The molecule has 23 heavy (non-hydrogen) atoms. The Hall–Kier alpha value is -2.95. The normalized spacial score (nSPS) is 20.5. The summed E-state index contributed by atoms with van der Waals surface area (Å²) in [4.78, 5) is 18.7. The minimum Gasteiger partial charge on any atom is -0.369 e. The molecule has 1 heterocycles. The van der Waals surface area contributed by atoms with Gasteiger partial charge in [0, 0.05) is 12.6 Å². The van der Waals surface area contributed by atoms with Crippen LogP contribution in [0.4, 0.5) is 4.39 Å². The van der Waals surface area contributed by atoms with Crippen LogP contribution in [0.5, 0.6) is 0 Å². The molecule has 3 rings (SSSR count). The van der Waals surface area contributed by atoms with Gasteiger partial charge in [-0.1, -0.05) is 49.1 Å². The van der Waals surface area contributed by atoms with Crippen LogP contribution >= 0.6 is 0 Å². The smallest absolute Gasteiger partial charge is 0.266 e. The fraction of sp³-hybridized carbons (Fsp3) is 0.111. The number of hydrogen-bond donors (Lipinski definition) is 1. The van der Waals surface area contributed by atoms with Crippen LogP contribution in [0.3, 0.4) is 0 Å². The molecule has 0 saturated heterocycles. The third-order valence-electron chi connectivity index (χ3n) is 4.07. The van der Waals surface area contributed by atoms with E-state index in [1.807, 2.05) is 30.3 Å². The summed E-state index contributed by atoms with van der Waals surface area (Å²) in [5.74, 6) is -0.547. The van der Waals surface area contributed by atoms with Crippen molar-refractivity contribution in [2.24, 2.45) is 10.7 Å². The van der Waals surface area contributed by atoms with Gasteiger partial charge in [0.15, 0.2) is 11.5 Å². The summed E-state index contributed by atoms with van der Waals surface area (Å²) in [5, 5.41) is 0. The zero-order valence-corrected chi connectivity index (χ0v) is 12.7. The lowest BCUT2D eigenvalue weighted by molar-refractivity contribution is -0.129. The van der Waals surface area contributed by atoms with E-state index in [0.717, 1.165) is 0 Å². The van der Waals surface area contributed by atoms with Gasteiger partial charge in [-0.15, -0.1) is 0 Å². The molecular formula is C18H16FN3O. The maximum atomic E-state index is 13.8. The van der Waals surface area contributed by atoms with Crippen LogP contribution in [0.2, 0.25) is 0 Å². The molecule has 2 aromatic rings. The number of guanidine groups is 1. The summed E-state index contributed by atoms with van der Waals surface area (Å²) >= 11 is 0. The molecule has 0 aromatic heterocycles. The summed E-state index contributed by atoms with van der Waals surface area (Å²) in [6, 6.07) is 13.6. The second-order valence-corrected chi connectivity index (χ2v) is 5.35. The number of halogens is 1. The molecule has 1 amide bonds. The van der Waals surface area contributed by atoms with Gasteiger partial charge in [-0.3, -0.25) is 9.69 Å². The zero-order valence-electron chi connectivity index (χ0n) is 12.7. The number of nitrogens with zero attached hydrogens (tertiary/aromatic N) is 2. The highest BCUT2D eigenvalue weighted by atomic mass is 19.1. The van der Waals surface area contributed by atoms with Crippen LogP contribution in [0, 0.1) is 5.82 Å². The topological polar surface area (TPSA) is 58.7 Å². The van der Waals surface area contributed by atoms with E-state index in [2.05, 4.69) is 11.6 Å².